The SMILES string of the molecule is Cc1nn(C)c(N(CC(N)=O)CC(C)C)c1C#N. The summed E-state index contributed by atoms with van der Waals surface area (Å²) in [6.07, 6.45) is 0. The van der Waals surface area contributed by atoms with Gasteiger partial charge >= 0.3 is 0 Å². The van der Waals surface area contributed by atoms with Crippen molar-refractivity contribution < 1.29 is 4.79 Å². The molecular formula is C12H19N5O. The van der Waals surface area contributed by atoms with Crippen molar-refractivity contribution in [3.8, 4) is 6.07 Å². The number of anilines is 1. The summed E-state index contributed by atoms with van der Waals surface area (Å²) in [6, 6.07) is 2.13. The second-order valence-electron chi connectivity index (χ2n) is 4.76. The average Bonchev–Trinajstić information content (AvgIpc) is 2.50. The lowest BCUT2D eigenvalue weighted by Crippen LogP contribution is -2.37. The fourth-order valence-electron chi connectivity index (χ4n) is 1.99. The number of hydrogen-bond acceptors (Lipinski definition) is 4. The number of aromatic nitrogens is 2. The van der Waals surface area contributed by atoms with Crippen molar-refractivity contribution in [2.24, 2.45) is 18.7 Å². The maximum absolute atomic E-state index is 11.2. The van der Waals surface area contributed by atoms with E-state index in [0.717, 1.165) is 0 Å². The van der Waals surface area contributed by atoms with Crippen molar-refractivity contribution >= 4 is 11.7 Å². The maximum atomic E-state index is 11.2. The van der Waals surface area contributed by atoms with Crippen molar-refractivity contribution in [1.82, 2.24) is 9.78 Å². The van der Waals surface area contributed by atoms with E-state index in [0.29, 0.717) is 29.5 Å². The van der Waals surface area contributed by atoms with Crippen LogP contribution in [-0.4, -0.2) is 28.8 Å². The van der Waals surface area contributed by atoms with E-state index in [-0.39, 0.29) is 6.54 Å². The fourth-order valence-corrected chi connectivity index (χ4v) is 1.99. The van der Waals surface area contributed by atoms with E-state index in [2.05, 4.69) is 11.2 Å². The molecule has 0 saturated heterocycles. The molecule has 0 aliphatic rings. The molecule has 1 amide bonds. The van der Waals surface area contributed by atoms with Gasteiger partial charge in [-0.3, -0.25) is 9.48 Å². The molecule has 2 N–H and O–H groups in total. The zero-order valence-corrected chi connectivity index (χ0v) is 11.3. The summed E-state index contributed by atoms with van der Waals surface area (Å²) in [6.45, 7) is 6.61. The third kappa shape index (κ3) is 3.00. The quantitative estimate of drug-likeness (QED) is 0.825. The highest BCUT2D eigenvalue weighted by atomic mass is 16.1. The highest BCUT2D eigenvalue weighted by Gasteiger charge is 2.21. The van der Waals surface area contributed by atoms with Gasteiger partial charge in [-0.2, -0.15) is 10.4 Å². The molecule has 98 valence electrons. The minimum Gasteiger partial charge on any atom is -0.368 e. The molecule has 0 aliphatic carbocycles. The van der Waals surface area contributed by atoms with Crippen molar-refractivity contribution in [3.05, 3.63) is 11.3 Å². The smallest absolute Gasteiger partial charge is 0.236 e. The van der Waals surface area contributed by atoms with Crippen LogP contribution in [0.5, 0.6) is 0 Å². The van der Waals surface area contributed by atoms with Gasteiger partial charge in [-0.1, -0.05) is 13.8 Å². The van der Waals surface area contributed by atoms with Gasteiger partial charge < -0.3 is 10.6 Å². The van der Waals surface area contributed by atoms with Crippen LogP contribution in [0.2, 0.25) is 0 Å². The molecule has 0 unspecified atom stereocenters. The van der Waals surface area contributed by atoms with E-state index >= 15 is 0 Å². The van der Waals surface area contributed by atoms with Gasteiger partial charge in [-0.15, -0.1) is 0 Å². The number of nitriles is 1. The second-order valence-corrected chi connectivity index (χ2v) is 4.76. The van der Waals surface area contributed by atoms with Gasteiger partial charge in [0, 0.05) is 13.6 Å². The average molecular weight is 249 g/mol. The Hall–Kier alpha value is -2.03. The molecule has 0 bridgehead atoms. The Labute approximate surface area is 107 Å². The van der Waals surface area contributed by atoms with E-state index in [1.54, 1.807) is 18.7 Å². The summed E-state index contributed by atoms with van der Waals surface area (Å²) in [5, 5.41) is 13.4. The molecule has 1 heterocycles. The lowest BCUT2D eigenvalue weighted by atomic mass is 10.2. The van der Waals surface area contributed by atoms with Gasteiger partial charge in [0.15, 0.2) is 0 Å². The number of rotatable bonds is 5. The van der Waals surface area contributed by atoms with E-state index in [1.807, 2.05) is 18.7 Å². The number of aryl methyl sites for hydroxylation is 2. The Kier molecular flexibility index (Phi) is 4.32. The van der Waals surface area contributed by atoms with E-state index in [4.69, 9.17) is 5.73 Å². The first-order chi connectivity index (χ1) is 8.36. The molecule has 6 heteroatoms. The first-order valence-corrected chi connectivity index (χ1v) is 5.83. The fraction of sp³-hybridized carbons (Fsp3) is 0.583. The number of primary amides is 1. The molecule has 1 rings (SSSR count). The standard InChI is InChI=1S/C12H19N5O/c1-8(2)6-17(7-11(14)18)12-10(5-13)9(3)15-16(12)4/h8H,6-7H2,1-4H3,(H2,14,18). The Balaban J connectivity index is 3.20. The summed E-state index contributed by atoms with van der Waals surface area (Å²) in [5.74, 6) is 0.590. The van der Waals surface area contributed by atoms with Crippen molar-refractivity contribution in [2.75, 3.05) is 18.0 Å². The Morgan fingerprint density at radius 1 is 1.61 bits per heavy atom. The monoisotopic (exact) mass is 249 g/mol. The van der Waals surface area contributed by atoms with Crippen molar-refractivity contribution in [2.45, 2.75) is 20.8 Å². The third-order valence-electron chi connectivity index (χ3n) is 2.54. The van der Waals surface area contributed by atoms with Crippen LogP contribution in [0.1, 0.15) is 25.1 Å². The molecule has 0 aromatic carbocycles. The maximum Gasteiger partial charge on any atom is 0.236 e. The molecule has 0 spiro atoms. The van der Waals surface area contributed by atoms with E-state index in [1.165, 1.54) is 0 Å². The van der Waals surface area contributed by atoms with Crippen LogP contribution in [0.15, 0.2) is 0 Å². The molecule has 0 saturated carbocycles. The predicted molar refractivity (Wildman–Crippen MR) is 68.9 cm³/mol. The number of hydrogen-bond donors (Lipinski definition) is 1. The molecule has 0 radical (unpaired) electrons. The number of amides is 1. The molecule has 18 heavy (non-hydrogen) atoms. The normalized spacial score (nSPS) is 10.4. The van der Waals surface area contributed by atoms with Crippen LogP contribution in [0.25, 0.3) is 0 Å². The Bertz CT molecular complexity index is 483. The second kappa shape index (κ2) is 5.54. The Morgan fingerprint density at radius 2 is 2.22 bits per heavy atom. The van der Waals surface area contributed by atoms with Gasteiger partial charge in [-0.05, 0) is 12.8 Å². The van der Waals surface area contributed by atoms with Gasteiger partial charge in [0.2, 0.25) is 5.91 Å². The van der Waals surface area contributed by atoms with E-state index in [9.17, 15) is 10.1 Å². The summed E-state index contributed by atoms with van der Waals surface area (Å²) in [4.78, 5) is 13.0. The van der Waals surface area contributed by atoms with Crippen LogP contribution in [0, 0.1) is 24.2 Å². The van der Waals surface area contributed by atoms with Crippen LogP contribution >= 0.6 is 0 Å². The summed E-state index contributed by atoms with van der Waals surface area (Å²) in [5.41, 5.74) is 6.42. The predicted octanol–water partition coefficient (Wildman–Crippen LogP) is 0.548. The van der Waals surface area contributed by atoms with Gasteiger partial charge in [0.05, 0.1) is 12.2 Å². The molecule has 0 aliphatic heterocycles. The Morgan fingerprint density at radius 3 is 2.67 bits per heavy atom. The molecule has 1 aromatic rings. The zero-order chi connectivity index (χ0) is 13.9. The number of nitrogens with two attached hydrogens (primary N) is 1. The number of carbonyl (C=O) groups is 1. The minimum absolute atomic E-state index is 0.0891. The van der Waals surface area contributed by atoms with Crippen LogP contribution in [0.4, 0.5) is 5.82 Å². The van der Waals surface area contributed by atoms with Gasteiger partial charge in [0.1, 0.15) is 17.5 Å². The molecule has 0 atom stereocenters. The molecule has 1 aromatic heterocycles. The molecule has 6 nitrogen and oxygen atoms in total. The summed E-state index contributed by atoms with van der Waals surface area (Å²) in [7, 11) is 1.76. The number of nitrogens with zero attached hydrogens (tertiary/aromatic N) is 4. The minimum atomic E-state index is -0.418. The van der Waals surface area contributed by atoms with Crippen LogP contribution in [0.3, 0.4) is 0 Å². The van der Waals surface area contributed by atoms with Crippen molar-refractivity contribution in [1.29, 1.82) is 5.26 Å². The molecule has 0 fully saturated rings. The largest absolute Gasteiger partial charge is 0.368 e. The number of carbonyl (C=O) groups excluding carboxylic acids is 1. The topological polar surface area (TPSA) is 87.9 Å². The first kappa shape index (κ1) is 14.0. The van der Waals surface area contributed by atoms with Gasteiger partial charge in [-0.25, -0.2) is 0 Å². The first-order valence-electron chi connectivity index (χ1n) is 5.83. The summed E-state index contributed by atoms with van der Waals surface area (Å²) < 4.78 is 1.62. The summed E-state index contributed by atoms with van der Waals surface area (Å²) >= 11 is 0. The van der Waals surface area contributed by atoms with E-state index < -0.39 is 5.91 Å². The highest BCUT2D eigenvalue weighted by molar-refractivity contribution is 5.80. The zero-order valence-electron chi connectivity index (χ0n) is 11.3. The van der Waals surface area contributed by atoms with Gasteiger partial charge in [0.25, 0.3) is 0 Å². The lowest BCUT2D eigenvalue weighted by molar-refractivity contribution is -0.116. The van der Waals surface area contributed by atoms with Crippen LogP contribution < -0.4 is 10.6 Å². The van der Waals surface area contributed by atoms with Crippen LogP contribution in [-0.2, 0) is 11.8 Å². The van der Waals surface area contributed by atoms with Crippen molar-refractivity contribution in [3.63, 3.8) is 0 Å². The highest BCUT2D eigenvalue weighted by Crippen LogP contribution is 2.22. The molecular weight excluding hydrogens is 230 g/mol. The third-order valence-corrected chi connectivity index (χ3v) is 2.54. The lowest BCUT2D eigenvalue weighted by Gasteiger charge is -2.25.